The predicted octanol–water partition coefficient (Wildman–Crippen LogP) is 2.68. The molecule has 4 atom stereocenters. The number of nitrogens with zero attached hydrogens (tertiary/aromatic N) is 1. The van der Waals surface area contributed by atoms with Crippen molar-refractivity contribution < 1.29 is 27.6 Å². The molecule has 3 aliphatic rings. The van der Waals surface area contributed by atoms with E-state index < -0.39 is 24.2 Å². The van der Waals surface area contributed by atoms with Crippen LogP contribution in [0.25, 0.3) is 0 Å². The number of carbonyl (C=O) groups excluding carboxylic acids is 3. The van der Waals surface area contributed by atoms with Gasteiger partial charge in [-0.15, -0.1) is 0 Å². The number of hydrogen-bond acceptors (Lipinski definition) is 3. The van der Waals surface area contributed by atoms with Crippen molar-refractivity contribution in [2.75, 3.05) is 11.9 Å². The summed E-state index contributed by atoms with van der Waals surface area (Å²) in [5.74, 6) is -1.50. The summed E-state index contributed by atoms with van der Waals surface area (Å²) in [5, 5.41) is 2.34. The van der Waals surface area contributed by atoms with E-state index in [0.29, 0.717) is 0 Å². The quantitative estimate of drug-likeness (QED) is 0.837. The first-order valence-electron chi connectivity index (χ1n) is 8.58. The lowest BCUT2D eigenvalue weighted by Gasteiger charge is -2.19. The van der Waals surface area contributed by atoms with Gasteiger partial charge in [0, 0.05) is 5.69 Å². The molecule has 1 aromatic carbocycles. The Kier molecular flexibility index (Phi) is 3.82. The van der Waals surface area contributed by atoms with Crippen molar-refractivity contribution >= 4 is 23.4 Å². The minimum Gasteiger partial charge on any atom is -0.325 e. The largest absolute Gasteiger partial charge is 0.416 e. The zero-order valence-electron chi connectivity index (χ0n) is 13.8. The first kappa shape index (κ1) is 17.1. The molecule has 8 heteroatoms. The molecule has 1 aromatic rings. The highest BCUT2D eigenvalue weighted by atomic mass is 19.4. The molecular formula is C18H17F3N2O3. The highest BCUT2D eigenvalue weighted by Crippen LogP contribution is 2.56. The maximum absolute atomic E-state index is 12.7. The van der Waals surface area contributed by atoms with Crippen LogP contribution in [0.5, 0.6) is 0 Å². The number of amides is 3. The maximum Gasteiger partial charge on any atom is 0.416 e. The Morgan fingerprint density at radius 2 is 1.73 bits per heavy atom. The molecule has 4 rings (SSSR count). The lowest BCUT2D eigenvalue weighted by atomic mass is 9.81. The first-order valence-corrected chi connectivity index (χ1v) is 8.58. The molecule has 0 aromatic heterocycles. The summed E-state index contributed by atoms with van der Waals surface area (Å²) in [5.41, 5.74) is -0.904. The van der Waals surface area contributed by atoms with E-state index in [9.17, 15) is 27.6 Å². The maximum atomic E-state index is 12.7. The molecule has 3 fully saturated rings. The molecule has 1 saturated heterocycles. The number of anilines is 1. The molecule has 0 radical (unpaired) electrons. The molecule has 2 bridgehead atoms. The van der Waals surface area contributed by atoms with Crippen LogP contribution in [0.15, 0.2) is 24.3 Å². The lowest BCUT2D eigenvalue weighted by Crippen LogP contribution is -2.39. The second-order valence-corrected chi connectivity index (χ2v) is 7.27. The average Bonchev–Trinajstić information content (AvgIpc) is 3.24. The Balaban J connectivity index is 1.44. The summed E-state index contributed by atoms with van der Waals surface area (Å²) < 4.78 is 38.2. The van der Waals surface area contributed by atoms with Crippen LogP contribution in [0.3, 0.4) is 0 Å². The molecule has 1 heterocycles. The SMILES string of the molecule is O=C(CN1C(=O)[C@H]2[C@@H]3CC[C@H](C3)[C@@H]2C1=O)Nc1cccc(C(F)(F)F)c1. The topological polar surface area (TPSA) is 66.5 Å². The van der Waals surface area contributed by atoms with Crippen molar-refractivity contribution in [3.8, 4) is 0 Å². The lowest BCUT2D eigenvalue weighted by molar-refractivity contribution is -0.143. The fourth-order valence-corrected chi connectivity index (χ4v) is 4.74. The number of imide groups is 1. The van der Waals surface area contributed by atoms with Gasteiger partial charge in [-0.1, -0.05) is 6.07 Å². The van der Waals surface area contributed by atoms with Gasteiger partial charge in [0.15, 0.2) is 0 Å². The highest BCUT2D eigenvalue weighted by Gasteiger charge is 2.60. The Labute approximate surface area is 147 Å². The van der Waals surface area contributed by atoms with Gasteiger partial charge in [-0.2, -0.15) is 13.2 Å². The molecule has 0 spiro atoms. The van der Waals surface area contributed by atoms with Crippen molar-refractivity contribution in [3.05, 3.63) is 29.8 Å². The number of carbonyl (C=O) groups is 3. The standard InChI is InChI=1S/C18H17F3N2O3/c19-18(20,21)11-2-1-3-12(7-11)22-13(24)8-23-16(25)14-9-4-5-10(6-9)15(14)17(23)26/h1-3,7,9-10,14-15H,4-6,8H2,(H,22,24)/t9-,10-,14+,15+/m1/s1. The van der Waals surface area contributed by atoms with Crippen LogP contribution in [0.2, 0.25) is 0 Å². The summed E-state index contributed by atoms with van der Waals surface area (Å²) >= 11 is 0. The number of halogens is 3. The van der Waals surface area contributed by atoms with Gasteiger partial charge in [-0.05, 0) is 49.3 Å². The number of fused-ring (bicyclic) bond motifs is 5. The van der Waals surface area contributed by atoms with Crippen LogP contribution >= 0.6 is 0 Å². The normalized spacial score (nSPS) is 30.0. The predicted molar refractivity (Wildman–Crippen MR) is 84.6 cm³/mol. The third-order valence-electron chi connectivity index (χ3n) is 5.79. The van der Waals surface area contributed by atoms with Gasteiger partial charge >= 0.3 is 6.18 Å². The van der Waals surface area contributed by atoms with Crippen LogP contribution in [0, 0.1) is 23.7 Å². The first-order chi connectivity index (χ1) is 12.3. The van der Waals surface area contributed by atoms with E-state index in [2.05, 4.69) is 5.32 Å². The fraction of sp³-hybridized carbons (Fsp3) is 0.500. The van der Waals surface area contributed by atoms with Crippen molar-refractivity contribution in [1.82, 2.24) is 4.90 Å². The van der Waals surface area contributed by atoms with Crippen molar-refractivity contribution in [1.29, 1.82) is 0 Å². The molecule has 2 aliphatic carbocycles. The number of likely N-dealkylation sites (tertiary alicyclic amines) is 1. The van der Waals surface area contributed by atoms with Gasteiger partial charge < -0.3 is 5.32 Å². The number of alkyl halides is 3. The summed E-state index contributed by atoms with van der Waals surface area (Å²) in [6.45, 7) is -0.458. The van der Waals surface area contributed by atoms with Gasteiger partial charge in [-0.3, -0.25) is 19.3 Å². The smallest absolute Gasteiger partial charge is 0.325 e. The van der Waals surface area contributed by atoms with Crippen LogP contribution in [-0.2, 0) is 20.6 Å². The second-order valence-electron chi connectivity index (χ2n) is 7.27. The Hall–Kier alpha value is -2.38. The van der Waals surface area contributed by atoms with E-state index >= 15 is 0 Å². The summed E-state index contributed by atoms with van der Waals surface area (Å²) in [4.78, 5) is 38.2. The number of nitrogens with one attached hydrogen (secondary N) is 1. The molecule has 3 amide bonds. The van der Waals surface area contributed by atoms with Crippen LogP contribution in [-0.4, -0.2) is 29.2 Å². The Morgan fingerprint density at radius 3 is 2.31 bits per heavy atom. The minimum atomic E-state index is -4.52. The van der Waals surface area contributed by atoms with Crippen molar-refractivity contribution in [3.63, 3.8) is 0 Å². The van der Waals surface area contributed by atoms with Gasteiger partial charge in [0.1, 0.15) is 6.54 Å². The van der Waals surface area contributed by atoms with E-state index in [0.717, 1.165) is 36.3 Å². The molecule has 0 unspecified atom stereocenters. The third-order valence-corrected chi connectivity index (χ3v) is 5.79. The monoisotopic (exact) mass is 366 g/mol. The van der Waals surface area contributed by atoms with Crippen LogP contribution < -0.4 is 5.32 Å². The van der Waals surface area contributed by atoms with E-state index in [-0.39, 0.29) is 41.2 Å². The summed E-state index contributed by atoms with van der Waals surface area (Å²) in [7, 11) is 0. The van der Waals surface area contributed by atoms with Gasteiger partial charge in [-0.25, -0.2) is 0 Å². The van der Waals surface area contributed by atoms with Gasteiger partial charge in [0.25, 0.3) is 0 Å². The zero-order chi connectivity index (χ0) is 18.6. The second kappa shape index (κ2) is 5.82. The molecule has 5 nitrogen and oxygen atoms in total. The average molecular weight is 366 g/mol. The molecular weight excluding hydrogens is 349 g/mol. The Bertz CT molecular complexity index is 764. The van der Waals surface area contributed by atoms with Crippen molar-refractivity contribution in [2.24, 2.45) is 23.7 Å². The van der Waals surface area contributed by atoms with Crippen LogP contribution in [0.1, 0.15) is 24.8 Å². The zero-order valence-corrected chi connectivity index (χ0v) is 13.8. The third kappa shape index (κ3) is 2.68. The highest BCUT2D eigenvalue weighted by molar-refractivity contribution is 6.09. The van der Waals surface area contributed by atoms with E-state index in [1.54, 1.807) is 0 Å². The van der Waals surface area contributed by atoms with E-state index in [1.165, 1.54) is 12.1 Å². The van der Waals surface area contributed by atoms with Crippen LogP contribution in [0.4, 0.5) is 18.9 Å². The molecule has 26 heavy (non-hydrogen) atoms. The summed E-state index contributed by atoms with van der Waals surface area (Å²) in [6, 6.07) is 4.24. The number of benzene rings is 1. The number of hydrogen-bond donors (Lipinski definition) is 1. The van der Waals surface area contributed by atoms with E-state index in [4.69, 9.17) is 0 Å². The molecule has 138 valence electrons. The molecule has 2 saturated carbocycles. The molecule has 1 N–H and O–H groups in total. The minimum absolute atomic E-state index is 0.0239. The number of rotatable bonds is 3. The van der Waals surface area contributed by atoms with E-state index in [1.807, 2.05) is 0 Å². The summed E-state index contributed by atoms with van der Waals surface area (Å²) in [6.07, 6.45) is -1.74. The van der Waals surface area contributed by atoms with Crippen molar-refractivity contribution in [2.45, 2.75) is 25.4 Å². The Morgan fingerprint density at radius 1 is 1.12 bits per heavy atom. The molecule has 1 aliphatic heterocycles. The van der Waals surface area contributed by atoms with Gasteiger partial charge in [0.2, 0.25) is 17.7 Å². The van der Waals surface area contributed by atoms with Gasteiger partial charge in [0.05, 0.1) is 17.4 Å². The fourth-order valence-electron chi connectivity index (χ4n) is 4.74.